The standard InChI is InChI=1S/C50H31NOS/c1-2-13-38(14-3-1)51(39-23-20-33(21-24-39)35-19-18-32-10-4-5-11-34(32)28-35)40-25-27-48-45(31-40)49-43(29-36-12-6-7-15-41(36)50(49)53-48)37-22-26-47-44(30-37)42-16-8-9-17-46(42)52-47/h1-31H/i6D,7D,12D,15D,25D,27D,29D. The van der Waals surface area contributed by atoms with Crippen molar-refractivity contribution in [3.05, 3.63) is 188 Å². The number of anilines is 3. The van der Waals surface area contributed by atoms with Gasteiger partial charge in [0.05, 0.1) is 9.60 Å². The highest BCUT2D eigenvalue weighted by Gasteiger charge is 2.19. The summed E-state index contributed by atoms with van der Waals surface area (Å²) in [5.74, 6) is 0. The zero-order valence-corrected chi connectivity index (χ0v) is 28.9. The van der Waals surface area contributed by atoms with Crippen LogP contribution in [0, 0.1) is 0 Å². The largest absolute Gasteiger partial charge is 0.456 e. The molecule has 2 nitrogen and oxygen atoms in total. The SMILES string of the molecule is [2H]c1c(N(c2ccccc2)c2ccc(-c3ccc4ccccc4c3)cc2)cc2c(sc3c4c([2H])c([2H])c([2H])c([2H])c4c([2H])c(-c4ccc5oc6ccccc6c5c4)c23)c1[2H]. The number of benzene rings is 9. The molecule has 0 bridgehead atoms. The summed E-state index contributed by atoms with van der Waals surface area (Å²) in [7, 11) is 0. The van der Waals surface area contributed by atoms with Crippen LogP contribution in [0.5, 0.6) is 0 Å². The normalized spacial score (nSPS) is 13.6. The maximum absolute atomic E-state index is 9.79. The molecule has 0 aliphatic carbocycles. The van der Waals surface area contributed by atoms with Crippen LogP contribution in [-0.4, -0.2) is 0 Å². The van der Waals surface area contributed by atoms with Gasteiger partial charge in [0.25, 0.3) is 0 Å². The molecule has 0 fully saturated rings. The molecule has 2 heterocycles. The summed E-state index contributed by atoms with van der Waals surface area (Å²) < 4.78 is 71.4. The molecule has 2 aromatic heterocycles. The minimum atomic E-state index is -0.411. The van der Waals surface area contributed by atoms with E-state index < -0.39 is 6.04 Å². The lowest BCUT2D eigenvalue weighted by Gasteiger charge is -2.26. The van der Waals surface area contributed by atoms with Gasteiger partial charge < -0.3 is 9.32 Å². The number of para-hydroxylation sites is 2. The van der Waals surface area contributed by atoms with Crippen LogP contribution in [0.3, 0.4) is 0 Å². The fraction of sp³-hybridized carbons (Fsp3) is 0. The van der Waals surface area contributed by atoms with E-state index in [1.807, 2.05) is 108 Å². The van der Waals surface area contributed by atoms with Crippen LogP contribution >= 0.6 is 11.3 Å². The van der Waals surface area contributed by atoms with Gasteiger partial charge in [0, 0.05) is 48.0 Å². The molecule has 248 valence electrons. The first kappa shape index (κ1) is 23.7. The summed E-state index contributed by atoms with van der Waals surface area (Å²) in [4.78, 5) is 1.98. The third kappa shape index (κ3) is 4.93. The summed E-state index contributed by atoms with van der Waals surface area (Å²) in [5.41, 5.74) is 6.72. The van der Waals surface area contributed by atoms with Gasteiger partial charge in [-0.2, -0.15) is 0 Å². The van der Waals surface area contributed by atoms with Crippen LogP contribution in [-0.2, 0) is 0 Å². The van der Waals surface area contributed by atoms with Crippen molar-refractivity contribution in [2.45, 2.75) is 0 Å². The molecule has 0 saturated heterocycles. The van der Waals surface area contributed by atoms with E-state index in [2.05, 4.69) is 42.5 Å². The lowest BCUT2D eigenvalue weighted by molar-refractivity contribution is 0.669. The average molecular weight is 701 g/mol. The maximum Gasteiger partial charge on any atom is 0.135 e. The smallest absolute Gasteiger partial charge is 0.135 e. The van der Waals surface area contributed by atoms with Gasteiger partial charge in [-0.05, 0) is 117 Å². The van der Waals surface area contributed by atoms with Gasteiger partial charge in [-0.1, -0.05) is 115 Å². The lowest BCUT2D eigenvalue weighted by Crippen LogP contribution is -2.09. The van der Waals surface area contributed by atoms with Crippen molar-refractivity contribution in [3.8, 4) is 22.3 Å². The van der Waals surface area contributed by atoms with E-state index in [0.29, 0.717) is 42.6 Å². The van der Waals surface area contributed by atoms with Crippen LogP contribution in [0.4, 0.5) is 17.1 Å². The molecular weight excluding hydrogens is 663 g/mol. The zero-order valence-electron chi connectivity index (χ0n) is 35.1. The second-order valence-corrected chi connectivity index (χ2v) is 14.2. The Morgan fingerprint density at radius 1 is 0.472 bits per heavy atom. The molecule has 0 atom stereocenters. The molecule has 9 aromatic carbocycles. The first-order valence-corrected chi connectivity index (χ1v) is 18.2. The minimum absolute atomic E-state index is 0.00153. The Labute approximate surface area is 320 Å². The maximum atomic E-state index is 9.79. The zero-order chi connectivity index (χ0) is 41.0. The van der Waals surface area contributed by atoms with Gasteiger partial charge in [-0.3, -0.25) is 0 Å². The van der Waals surface area contributed by atoms with Crippen molar-refractivity contribution in [2.24, 2.45) is 0 Å². The fourth-order valence-electron chi connectivity index (χ4n) is 7.55. The molecule has 0 amide bonds. The number of thiophene rings is 1. The Morgan fingerprint density at radius 2 is 1.21 bits per heavy atom. The minimum Gasteiger partial charge on any atom is -0.456 e. The summed E-state index contributed by atoms with van der Waals surface area (Å²) >= 11 is 1.23. The molecular formula is C50H31NOS. The molecule has 11 rings (SSSR count). The van der Waals surface area contributed by atoms with Crippen molar-refractivity contribution in [1.82, 2.24) is 0 Å². The third-order valence-corrected chi connectivity index (χ3v) is 11.2. The second-order valence-electron chi connectivity index (χ2n) is 13.2. The highest BCUT2D eigenvalue weighted by atomic mass is 32.1. The van der Waals surface area contributed by atoms with Crippen LogP contribution in [0.15, 0.2) is 192 Å². The summed E-state index contributed by atoms with van der Waals surface area (Å²) in [6, 6.07) is 46.6. The van der Waals surface area contributed by atoms with Gasteiger partial charge in [0.1, 0.15) is 11.2 Å². The first-order valence-electron chi connectivity index (χ1n) is 20.9. The number of furan rings is 1. The molecule has 3 heteroatoms. The van der Waals surface area contributed by atoms with E-state index >= 15 is 0 Å². The van der Waals surface area contributed by atoms with E-state index in [1.165, 1.54) is 16.7 Å². The summed E-state index contributed by atoms with van der Waals surface area (Å²) in [5, 5.41) is 5.65. The van der Waals surface area contributed by atoms with Gasteiger partial charge in [0.2, 0.25) is 0 Å². The molecule has 11 aromatic rings. The van der Waals surface area contributed by atoms with Gasteiger partial charge in [0.15, 0.2) is 0 Å². The molecule has 0 unspecified atom stereocenters. The van der Waals surface area contributed by atoms with Crippen molar-refractivity contribution >= 4 is 92.1 Å². The van der Waals surface area contributed by atoms with E-state index in [9.17, 15) is 4.11 Å². The second kappa shape index (κ2) is 11.9. The van der Waals surface area contributed by atoms with Crippen molar-refractivity contribution in [2.75, 3.05) is 4.90 Å². The van der Waals surface area contributed by atoms with E-state index in [-0.39, 0.29) is 47.0 Å². The number of fused-ring (bicyclic) bond motifs is 9. The Balaban J connectivity index is 1.19. The van der Waals surface area contributed by atoms with Crippen molar-refractivity contribution in [1.29, 1.82) is 0 Å². The van der Waals surface area contributed by atoms with E-state index in [0.717, 1.165) is 44.2 Å². The van der Waals surface area contributed by atoms with Crippen LogP contribution in [0.2, 0.25) is 0 Å². The highest BCUT2D eigenvalue weighted by molar-refractivity contribution is 7.26. The van der Waals surface area contributed by atoms with Gasteiger partial charge in [-0.25, -0.2) is 0 Å². The van der Waals surface area contributed by atoms with Crippen LogP contribution < -0.4 is 4.90 Å². The monoisotopic (exact) mass is 700 g/mol. The first-order chi connectivity index (χ1) is 29.2. The van der Waals surface area contributed by atoms with E-state index in [1.54, 1.807) is 0 Å². The van der Waals surface area contributed by atoms with Crippen LogP contribution in [0.25, 0.3) is 85.9 Å². The van der Waals surface area contributed by atoms with Crippen LogP contribution in [0.1, 0.15) is 9.60 Å². The number of rotatable bonds is 5. The quantitative estimate of drug-likeness (QED) is 0.178. The predicted molar refractivity (Wildman–Crippen MR) is 227 cm³/mol. The molecule has 0 aliphatic heterocycles. The van der Waals surface area contributed by atoms with E-state index in [4.69, 9.17) is 9.90 Å². The number of nitrogens with zero attached hydrogens (tertiary/aromatic N) is 1. The molecule has 0 spiro atoms. The Kier molecular flexibility index (Phi) is 5.35. The summed E-state index contributed by atoms with van der Waals surface area (Å²) in [6.45, 7) is 0. The summed E-state index contributed by atoms with van der Waals surface area (Å²) in [6.07, 6.45) is 0. The van der Waals surface area contributed by atoms with Crippen molar-refractivity contribution < 1.29 is 14.0 Å². The molecule has 0 radical (unpaired) electrons. The molecule has 0 saturated carbocycles. The fourth-order valence-corrected chi connectivity index (χ4v) is 8.70. The highest BCUT2D eigenvalue weighted by Crippen LogP contribution is 2.47. The molecule has 0 aliphatic rings. The Morgan fingerprint density at radius 3 is 2.11 bits per heavy atom. The molecule has 0 N–H and O–H groups in total. The Hall–Kier alpha value is -6.68. The average Bonchev–Trinajstić information content (AvgIpc) is 3.85. The number of hydrogen-bond acceptors (Lipinski definition) is 3. The van der Waals surface area contributed by atoms with Crippen molar-refractivity contribution in [3.63, 3.8) is 0 Å². The van der Waals surface area contributed by atoms with Gasteiger partial charge in [-0.15, -0.1) is 11.3 Å². The topological polar surface area (TPSA) is 16.4 Å². The van der Waals surface area contributed by atoms with Gasteiger partial charge >= 0.3 is 0 Å². The third-order valence-electron chi connectivity index (χ3n) is 10.1. The molecule has 53 heavy (non-hydrogen) atoms. The lowest BCUT2D eigenvalue weighted by atomic mass is 9.94. The number of hydrogen-bond donors (Lipinski definition) is 0. The predicted octanol–water partition coefficient (Wildman–Crippen LogP) is 15.1. The Bertz CT molecular complexity index is 3580.